The number of hydrogen-bond acceptors (Lipinski definition) is 6. The number of rotatable bonds is 9. The number of halogens is 1. The normalized spacial score (nSPS) is 25.7. The van der Waals surface area contributed by atoms with Crippen LogP contribution in [0.2, 0.25) is 5.02 Å². The van der Waals surface area contributed by atoms with Crippen molar-refractivity contribution in [2.75, 3.05) is 7.11 Å². The number of carbonyl (C=O) groups is 2. The van der Waals surface area contributed by atoms with Gasteiger partial charge in [-0.2, -0.15) is 0 Å². The van der Waals surface area contributed by atoms with Gasteiger partial charge in [0.15, 0.2) is 5.43 Å². The average Bonchev–Trinajstić information content (AvgIpc) is 3.93. The van der Waals surface area contributed by atoms with Crippen LogP contribution in [-0.4, -0.2) is 48.8 Å². The van der Waals surface area contributed by atoms with E-state index in [0.717, 1.165) is 56.9 Å². The lowest BCUT2D eigenvalue weighted by atomic mass is 9.74. The number of nitrogens with one attached hydrogen (secondary N) is 2. The lowest BCUT2D eigenvalue weighted by molar-refractivity contribution is 0.0589. The van der Waals surface area contributed by atoms with Gasteiger partial charge in [0.05, 0.1) is 17.9 Å². The Bertz CT molecular complexity index is 2170. The van der Waals surface area contributed by atoms with E-state index < -0.39 is 21.5 Å². The van der Waals surface area contributed by atoms with Crippen molar-refractivity contribution < 1.29 is 22.7 Å². The lowest BCUT2D eigenvalue weighted by Crippen LogP contribution is -2.52. The van der Waals surface area contributed by atoms with Crippen LogP contribution < -0.4 is 15.5 Å². The Morgan fingerprint density at radius 3 is 2.46 bits per heavy atom. The molecule has 4 saturated carbocycles. The van der Waals surface area contributed by atoms with Crippen molar-refractivity contribution in [3.63, 3.8) is 0 Å². The highest BCUT2D eigenvalue weighted by molar-refractivity contribution is 7.90. The monoisotopic (exact) mass is 713 g/mol. The summed E-state index contributed by atoms with van der Waals surface area (Å²) >= 11 is 6.36. The molecule has 4 aliphatic carbocycles. The highest BCUT2D eigenvalue weighted by Gasteiger charge is 2.55. The number of fused-ring (bicyclic) bond motifs is 3. The minimum absolute atomic E-state index is 0.0186. The fourth-order valence-corrected chi connectivity index (χ4v) is 11.2. The molecule has 8 rings (SSSR count). The molecule has 3 aromatic carbocycles. The van der Waals surface area contributed by atoms with Gasteiger partial charge in [0.25, 0.3) is 5.91 Å². The van der Waals surface area contributed by atoms with E-state index in [1.54, 1.807) is 34.9 Å². The van der Waals surface area contributed by atoms with Gasteiger partial charge >= 0.3 is 5.97 Å². The molecule has 4 aromatic rings. The molecular formula is C39H40ClN3O6S. The van der Waals surface area contributed by atoms with E-state index in [9.17, 15) is 22.8 Å². The topological polar surface area (TPSA) is 124 Å². The van der Waals surface area contributed by atoms with Crippen LogP contribution in [0.4, 0.5) is 0 Å². The molecule has 1 heterocycles. The number of esters is 1. The van der Waals surface area contributed by atoms with Crippen LogP contribution in [0.25, 0.3) is 16.6 Å². The summed E-state index contributed by atoms with van der Waals surface area (Å²) in [5.41, 5.74) is 2.15. The van der Waals surface area contributed by atoms with Crippen LogP contribution in [-0.2, 0) is 21.2 Å². The number of para-hydroxylation sites is 1. The van der Waals surface area contributed by atoms with Crippen LogP contribution in [0.1, 0.15) is 83.3 Å². The lowest BCUT2D eigenvalue weighted by Gasteiger charge is -2.40. The molecule has 11 heteroatoms. The maximum Gasteiger partial charge on any atom is 0.355 e. The van der Waals surface area contributed by atoms with Gasteiger partial charge in [-0.15, -0.1) is 0 Å². The van der Waals surface area contributed by atoms with Crippen molar-refractivity contribution in [2.45, 2.75) is 74.6 Å². The molecule has 50 heavy (non-hydrogen) atoms. The third-order valence-electron chi connectivity index (χ3n) is 11.5. The summed E-state index contributed by atoms with van der Waals surface area (Å²) in [6.07, 6.45) is 6.96. The van der Waals surface area contributed by atoms with Gasteiger partial charge in [-0.3, -0.25) is 9.59 Å². The fraction of sp³-hybridized carbons (Fsp3) is 0.410. The van der Waals surface area contributed by atoms with Crippen molar-refractivity contribution in [2.24, 2.45) is 17.8 Å². The molecule has 4 fully saturated rings. The van der Waals surface area contributed by atoms with E-state index in [2.05, 4.69) is 10.0 Å². The van der Waals surface area contributed by atoms with E-state index in [0.29, 0.717) is 44.9 Å². The second-order valence-corrected chi connectivity index (χ2v) is 17.2. The predicted molar refractivity (Wildman–Crippen MR) is 192 cm³/mol. The van der Waals surface area contributed by atoms with E-state index in [4.69, 9.17) is 16.3 Å². The minimum Gasteiger partial charge on any atom is -0.464 e. The largest absolute Gasteiger partial charge is 0.464 e. The Balaban J connectivity index is 1.05. The summed E-state index contributed by atoms with van der Waals surface area (Å²) in [4.78, 5) is 41.0. The molecule has 0 radical (unpaired) electrons. The van der Waals surface area contributed by atoms with Crippen molar-refractivity contribution in [1.29, 1.82) is 0 Å². The van der Waals surface area contributed by atoms with E-state index in [1.165, 1.54) is 7.11 Å². The summed E-state index contributed by atoms with van der Waals surface area (Å²) in [6.45, 7) is 0. The molecule has 9 nitrogen and oxygen atoms in total. The second-order valence-electron chi connectivity index (χ2n) is 14.8. The van der Waals surface area contributed by atoms with Crippen LogP contribution in [0.3, 0.4) is 0 Å². The van der Waals surface area contributed by atoms with Gasteiger partial charge in [-0.05, 0) is 117 Å². The van der Waals surface area contributed by atoms with Crippen molar-refractivity contribution in [3.8, 4) is 5.69 Å². The minimum atomic E-state index is -3.31. The van der Waals surface area contributed by atoms with E-state index in [1.807, 2.05) is 42.5 Å². The van der Waals surface area contributed by atoms with Gasteiger partial charge in [-0.25, -0.2) is 17.9 Å². The highest BCUT2D eigenvalue weighted by atomic mass is 35.5. The molecule has 2 N–H and O–H groups in total. The molecule has 4 aliphatic rings. The molecule has 1 amide bonds. The van der Waals surface area contributed by atoms with Gasteiger partial charge < -0.3 is 14.6 Å². The zero-order chi connectivity index (χ0) is 34.8. The molecule has 1 unspecified atom stereocenters. The molecule has 0 spiro atoms. The van der Waals surface area contributed by atoms with E-state index >= 15 is 0 Å². The van der Waals surface area contributed by atoms with Crippen LogP contribution >= 0.6 is 11.6 Å². The number of benzene rings is 3. The maximum atomic E-state index is 14.0. The standard InChI is InChI=1S/C39H40ClN3O6S/c1-49-38(46)35-32(36(44)30-14-11-27(40)20-34(30)43(35)28-5-3-2-4-6-28)18-23-7-9-25(10-8-23)37(45)41-33-15-16-39(42-50(47,48)29-12-13-29)21-24-17-26(22-39)31(33)19-24/h2-11,14,20,24,26,29,31,33,42H,12-13,15-19,21-22H2,1H3,(H,41,45)/t24-,26?,31+,33-,39+/m1/s1. The highest BCUT2D eigenvalue weighted by Crippen LogP contribution is 2.55. The van der Waals surface area contributed by atoms with Crippen molar-refractivity contribution >= 4 is 44.4 Å². The van der Waals surface area contributed by atoms with Crippen molar-refractivity contribution in [3.05, 3.63) is 110 Å². The Morgan fingerprint density at radius 2 is 1.74 bits per heavy atom. The first-order valence-electron chi connectivity index (χ1n) is 17.5. The predicted octanol–water partition coefficient (Wildman–Crippen LogP) is 6.17. The molecule has 1 aromatic heterocycles. The molecule has 0 aliphatic heterocycles. The molecule has 5 atom stereocenters. The molecular weight excluding hydrogens is 674 g/mol. The average molecular weight is 714 g/mol. The fourth-order valence-electron chi connectivity index (χ4n) is 9.19. The Kier molecular flexibility index (Phi) is 8.39. The van der Waals surface area contributed by atoms with Crippen LogP contribution in [0.5, 0.6) is 0 Å². The van der Waals surface area contributed by atoms with Crippen LogP contribution in [0, 0.1) is 17.8 Å². The summed E-state index contributed by atoms with van der Waals surface area (Å²) < 4.78 is 36.1. The van der Waals surface area contributed by atoms with E-state index in [-0.39, 0.29) is 40.3 Å². The third kappa shape index (κ3) is 6.05. The van der Waals surface area contributed by atoms with Gasteiger partial charge in [0, 0.05) is 45.2 Å². The molecule has 260 valence electrons. The number of nitrogens with zero attached hydrogens (tertiary/aromatic N) is 1. The number of sulfonamides is 1. The van der Waals surface area contributed by atoms with Crippen LogP contribution in [0.15, 0.2) is 77.6 Å². The summed E-state index contributed by atoms with van der Waals surface area (Å²) in [7, 11) is -2.02. The van der Waals surface area contributed by atoms with Gasteiger partial charge in [-0.1, -0.05) is 41.9 Å². The van der Waals surface area contributed by atoms with Gasteiger partial charge in [0.1, 0.15) is 5.69 Å². The quantitative estimate of drug-likeness (QED) is 0.200. The summed E-state index contributed by atoms with van der Waals surface area (Å²) in [6, 6.07) is 21.4. The number of pyridine rings is 1. The smallest absolute Gasteiger partial charge is 0.355 e. The summed E-state index contributed by atoms with van der Waals surface area (Å²) in [5.74, 6) is 0.400. The molecule has 0 saturated heterocycles. The number of methoxy groups -OCH3 is 1. The SMILES string of the molecule is COC(=O)c1c(Cc2ccc(C(=O)N[C@@H]3CC[C@@]4(NS(=O)(=O)C5CC5)CC5C[C@H](C[C@@H]53)C4)cc2)c(=O)c2ccc(Cl)cc2n1-c1ccccc1. The first-order valence-corrected chi connectivity index (χ1v) is 19.4. The number of amides is 1. The van der Waals surface area contributed by atoms with Gasteiger partial charge in [0.2, 0.25) is 10.0 Å². The van der Waals surface area contributed by atoms with Crippen molar-refractivity contribution in [1.82, 2.24) is 14.6 Å². The second kappa shape index (κ2) is 12.7. The zero-order valence-electron chi connectivity index (χ0n) is 27.9. The number of aromatic nitrogens is 1. The zero-order valence-corrected chi connectivity index (χ0v) is 29.4. The number of hydrogen-bond donors (Lipinski definition) is 2. The first kappa shape index (κ1) is 33.2. The Labute approximate surface area is 296 Å². The first-order chi connectivity index (χ1) is 24.0. The Morgan fingerprint density at radius 1 is 0.980 bits per heavy atom. The Hall–Kier alpha value is -3.99. The maximum absolute atomic E-state index is 14.0. The summed E-state index contributed by atoms with van der Waals surface area (Å²) in [5, 5.41) is 3.93. The third-order valence-corrected chi connectivity index (χ3v) is 13.8. The number of carbonyl (C=O) groups excluding carboxylic acids is 2. The molecule has 3 bridgehead atoms. The number of ether oxygens (including phenoxy) is 1.